The highest BCUT2D eigenvalue weighted by molar-refractivity contribution is 7.98. The second-order valence-electron chi connectivity index (χ2n) is 4.60. The lowest BCUT2D eigenvalue weighted by Crippen LogP contribution is -2.06. The van der Waals surface area contributed by atoms with Crippen LogP contribution in [0.5, 0.6) is 5.75 Å². The normalized spacial score (nSPS) is 11.9. The number of aromatic nitrogens is 4. The molecule has 0 aliphatic carbocycles. The maximum atomic E-state index is 12.8. The number of ether oxygens (including phenoxy) is 1. The third-order valence-corrected chi connectivity index (χ3v) is 3.93. The Morgan fingerprint density at radius 2 is 2.00 bits per heavy atom. The maximum absolute atomic E-state index is 12.8. The number of benzene rings is 1. The Hall–Kier alpha value is -2.29. The van der Waals surface area contributed by atoms with Crippen LogP contribution in [0.2, 0.25) is 0 Å². The van der Waals surface area contributed by atoms with E-state index in [-0.39, 0.29) is 5.75 Å². The van der Waals surface area contributed by atoms with E-state index in [1.165, 1.54) is 24.9 Å². The van der Waals surface area contributed by atoms with Crippen LogP contribution in [-0.4, -0.2) is 32.9 Å². The van der Waals surface area contributed by atoms with E-state index < -0.39 is 11.7 Å². The summed E-state index contributed by atoms with van der Waals surface area (Å²) in [6, 6.07) is 3.28. The number of alkyl halides is 3. The van der Waals surface area contributed by atoms with Crippen molar-refractivity contribution in [3.05, 3.63) is 36.3 Å². The van der Waals surface area contributed by atoms with Crippen molar-refractivity contribution < 1.29 is 17.9 Å². The number of fused-ring (bicyclic) bond motifs is 1. The van der Waals surface area contributed by atoms with Gasteiger partial charge in [0, 0.05) is 5.56 Å². The SMILES string of the molecule is COc1cc(C(F)(F)F)ccc1-c1nnc(SC)n2cncc12. The molecule has 0 aliphatic heterocycles. The van der Waals surface area contributed by atoms with Crippen LogP contribution in [0.25, 0.3) is 16.8 Å². The number of hydrogen-bond donors (Lipinski definition) is 0. The summed E-state index contributed by atoms with van der Waals surface area (Å²) < 4.78 is 45.4. The zero-order chi connectivity index (χ0) is 16.6. The van der Waals surface area contributed by atoms with E-state index in [4.69, 9.17) is 4.74 Å². The Morgan fingerprint density at radius 1 is 1.22 bits per heavy atom. The highest BCUT2D eigenvalue weighted by Gasteiger charge is 2.31. The Balaban J connectivity index is 2.21. The molecule has 2 heterocycles. The summed E-state index contributed by atoms with van der Waals surface area (Å²) in [4.78, 5) is 4.06. The fraction of sp³-hybridized carbons (Fsp3) is 0.214. The van der Waals surface area contributed by atoms with Crippen molar-refractivity contribution in [3.63, 3.8) is 0 Å². The Bertz CT molecular complexity index is 863. The summed E-state index contributed by atoms with van der Waals surface area (Å²) in [5.74, 6) is 0.0779. The average molecular weight is 340 g/mol. The molecule has 0 aliphatic rings. The second-order valence-corrected chi connectivity index (χ2v) is 5.37. The molecule has 0 amide bonds. The van der Waals surface area contributed by atoms with Gasteiger partial charge in [0.05, 0.1) is 24.4 Å². The Labute approximate surface area is 133 Å². The van der Waals surface area contributed by atoms with E-state index in [0.717, 1.165) is 12.1 Å². The molecule has 0 spiro atoms. The fourth-order valence-corrected chi connectivity index (χ4v) is 2.67. The topological polar surface area (TPSA) is 52.3 Å². The predicted octanol–water partition coefficient (Wildman–Crippen LogP) is 3.54. The minimum atomic E-state index is -4.44. The molecule has 2 aromatic heterocycles. The van der Waals surface area contributed by atoms with Gasteiger partial charge in [-0.3, -0.25) is 4.40 Å². The number of methoxy groups -OCH3 is 1. The largest absolute Gasteiger partial charge is 0.496 e. The zero-order valence-corrected chi connectivity index (χ0v) is 12.9. The lowest BCUT2D eigenvalue weighted by Gasteiger charge is -2.13. The van der Waals surface area contributed by atoms with Gasteiger partial charge in [-0.15, -0.1) is 10.2 Å². The molecule has 5 nitrogen and oxygen atoms in total. The van der Waals surface area contributed by atoms with Gasteiger partial charge in [-0.1, -0.05) is 11.8 Å². The second kappa shape index (κ2) is 5.73. The van der Waals surface area contributed by atoms with Gasteiger partial charge in [-0.25, -0.2) is 4.98 Å². The average Bonchev–Trinajstić information content (AvgIpc) is 3.02. The van der Waals surface area contributed by atoms with Gasteiger partial charge in [-0.2, -0.15) is 13.2 Å². The van der Waals surface area contributed by atoms with Gasteiger partial charge in [0.15, 0.2) is 5.16 Å². The van der Waals surface area contributed by atoms with Crippen molar-refractivity contribution in [3.8, 4) is 17.0 Å². The first-order chi connectivity index (χ1) is 11.0. The number of rotatable bonds is 3. The maximum Gasteiger partial charge on any atom is 0.416 e. The molecule has 23 heavy (non-hydrogen) atoms. The summed E-state index contributed by atoms with van der Waals surface area (Å²) in [6.45, 7) is 0. The third-order valence-electron chi connectivity index (χ3n) is 3.29. The summed E-state index contributed by atoms with van der Waals surface area (Å²) in [7, 11) is 1.32. The van der Waals surface area contributed by atoms with Crippen molar-refractivity contribution in [1.29, 1.82) is 0 Å². The molecule has 9 heteroatoms. The van der Waals surface area contributed by atoms with Crippen LogP contribution in [-0.2, 0) is 6.18 Å². The van der Waals surface area contributed by atoms with Gasteiger partial charge in [0.1, 0.15) is 17.8 Å². The molecule has 1 aromatic carbocycles. The summed E-state index contributed by atoms with van der Waals surface area (Å²) in [5, 5.41) is 8.84. The van der Waals surface area contributed by atoms with Crippen LogP contribution in [0.1, 0.15) is 5.56 Å². The lowest BCUT2D eigenvalue weighted by atomic mass is 10.1. The van der Waals surface area contributed by atoms with E-state index in [1.807, 2.05) is 6.26 Å². The van der Waals surface area contributed by atoms with Gasteiger partial charge >= 0.3 is 6.18 Å². The van der Waals surface area contributed by atoms with E-state index in [9.17, 15) is 13.2 Å². The van der Waals surface area contributed by atoms with Gasteiger partial charge in [-0.05, 0) is 24.5 Å². The van der Waals surface area contributed by atoms with E-state index in [0.29, 0.717) is 21.9 Å². The van der Waals surface area contributed by atoms with E-state index in [1.54, 1.807) is 16.9 Å². The Morgan fingerprint density at radius 3 is 2.65 bits per heavy atom. The van der Waals surface area contributed by atoms with Crippen LogP contribution >= 0.6 is 11.8 Å². The molecular weight excluding hydrogens is 329 g/mol. The number of nitrogens with zero attached hydrogens (tertiary/aromatic N) is 4. The monoisotopic (exact) mass is 340 g/mol. The van der Waals surface area contributed by atoms with Crippen molar-refractivity contribution in [1.82, 2.24) is 19.6 Å². The fourth-order valence-electron chi connectivity index (χ4n) is 2.21. The first kappa shape index (κ1) is 15.6. The molecular formula is C14H11F3N4OS. The molecule has 3 rings (SSSR count). The molecule has 0 saturated carbocycles. The highest BCUT2D eigenvalue weighted by atomic mass is 32.2. The van der Waals surface area contributed by atoms with E-state index >= 15 is 0 Å². The van der Waals surface area contributed by atoms with Crippen molar-refractivity contribution in [2.75, 3.05) is 13.4 Å². The third kappa shape index (κ3) is 2.72. The summed E-state index contributed by atoms with van der Waals surface area (Å²) in [6.07, 6.45) is 0.574. The van der Waals surface area contributed by atoms with Crippen LogP contribution in [0.4, 0.5) is 13.2 Å². The number of hydrogen-bond acceptors (Lipinski definition) is 5. The predicted molar refractivity (Wildman–Crippen MR) is 79.6 cm³/mol. The molecule has 0 saturated heterocycles. The molecule has 0 unspecified atom stereocenters. The van der Waals surface area contributed by atoms with Gasteiger partial charge < -0.3 is 4.74 Å². The first-order valence-electron chi connectivity index (χ1n) is 6.44. The number of imidazole rings is 1. The zero-order valence-electron chi connectivity index (χ0n) is 12.1. The highest BCUT2D eigenvalue weighted by Crippen LogP contribution is 2.37. The quantitative estimate of drug-likeness (QED) is 0.683. The minimum Gasteiger partial charge on any atom is -0.496 e. The standard InChI is InChI=1S/C14H11F3N4OS/c1-22-11-5-8(14(15,16)17)3-4-9(11)12-10-6-18-7-21(10)13(23-2)20-19-12/h3-7H,1-2H3. The summed E-state index contributed by atoms with van der Waals surface area (Å²) in [5.41, 5.74) is 0.691. The summed E-state index contributed by atoms with van der Waals surface area (Å²) >= 11 is 1.39. The minimum absolute atomic E-state index is 0.0779. The molecule has 0 N–H and O–H groups in total. The van der Waals surface area contributed by atoms with Crippen LogP contribution in [0.15, 0.2) is 35.9 Å². The molecule has 120 valence electrons. The lowest BCUT2D eigenvalue weighted by molar-refractivity contribution is -0.137. The van der Waals surface area contributed by atoms with Crippen LogP contribution in [0, 0.1) is 0 Å². The molecule has 0 atom stereocenters. The Kier molecular flexibility index (Phi) is 3.88. The van der Waals surface area contributed by atoms with Crippen molar-refractivity contribution in [2.24, 2.45) is 0 Å². The van der Waals surface area contributed by atoms with Gasteiger partial charge in [0.25, 0.3) is 0 Å². The van der Waals surface area contributed by atoms with Crippen LogP contribution in [0.3, 0.4) is 0 Å². The molecule has 0 fully saturated rings. The van der Waals surface area contributed by atoms with Crippen molar-refractivity contribution in [2.45, 2.75) is 11.3 Å². The van der Waals surface area contributed by atoms with Crippen molar-refractivity contribution >= 4 is 17.3 Å². The number of thioether (sulfide) groups is 1. The smallest absolute Gasteiger partial charge is 0.416 e. The molecule has 0 radical (unpaired) electrons. The molecule has 3 aromatic rings. The first-order valence-corrected chi connectivity index (χ1v) is 7.66. The number of halogens is 3. The molecule has 0 bridgehead atoms. The van der Waals surface area contributed by atoms with E-state index in [2.05, 4.69) is 15.2 Å². The van der Waals surface area contributed by atoms with Crippen LogP contribution < -0.4 is 4.74 Å². The van der Waals surface area contributed by atoms with Gasteiger partial charge in [0.2, 0.25) is 0 Å².